The van der Waals surface area contributed by atoms with Crippen LogP contribution in [0.4, 0.5) is 0 Å². The molecular formula is C19H26N2O3. The van der Waals surface area contributed by atoms with Crippen molar-refractivity contribution in [2.24, 2.45) is 11.8 Å². The van der Waals surface area contributed by atoms with Gasteiger partial charge in [0.05, 0.1) is 18.9 Å². The molecule has 0 aromatic heterocycles. The zero-order valence-corrected chi connectivity index (χ0v) is 14.2. The molecule has 2 saturated carbocycles. The molecule has 0 saturated heterocycles. The van der Waals surface area contributed by atoms with Gasteiger partial charge in [0.1, 0.15) is 5.75 Å². The van der Waals surface area contributed by atoms with Crippen LogP contribution >= 0.6 is 0 Å². The molecular weight excluding hydrogens is 304 g/mol. The van der Waals surface area contributed by atoms with Gasteiger partial charge in [0.15, 0.2) is 0 Å². The maximum Gasteiger partial charge on any atom is 0.224 e. The fourth-order valence-electron chi connectivity index (χ4n) is 3.51. The number of carbonyl (C=O) groups excluding carboxylic acids is 2. The molecule has 24 heavy (non-hydrogen) atoms. The molecule has 2 amide bonds. The van der Waals surface area contributed by atoms with Crippen molar-refractivity contribution < 1.29 is 14.3 Å². The molecule has 2 atom stereocenters. The van der Waals surface area contributed by atoms with Crippen LogP contribution in [0.15, 0.2) is 24.3 Å². The van der Waals surface area contributed by atoms with Crippen molar-refractivity contribution >= 4 is 11.8 Å². The highest BCUT2D eigenvalue weighted by Crippen LogP contribution is 2.39. The first-order valence-electron chi connectivity index (χ1n) is 8.89. The Bertz CT molecular complexity index is 596. The number of methoxy groups -OCH3 is 1. The molecule has 0 bridgehead atoms. The van der Waals surface area contributed by atoms with E-state index in [1.165, 1.54) is 12.8 Å². The van der Waals surface area contributed by atoms with Crippen molar-refractivity contribution in [2.75, 3.05) is 13.7 Å². The summed E-state index contributed by atoms with van der Waals surface area (Å²) in [6.45, 7) is 0.562. The van der Waals surface area contributed by atoms with Crippen LogP contribution in [0.3, 0.4) is 0 Å². The second-order valence-electron chi connectivity index (χ2n) is 6.79. The largest absolute Gasteiger partial charge is 0.496 e. The normalized spacial score (nSPS) is 22.9. The molecule has 0 spiro atoms. The van der Waals surface area contributed by atoms with E-state index in [2.05, 4.69) is 10.6 Å². The van der Waals surface area contributed by atoms with E-state index in [4.69, 9.17) is 4.74 Å². The summed E-state index contributed by atoms with van der Waals surface area (Å²) in [7, 11) is 1.65. The second kappa shape index (κ2) is 7.69. The van der Waals surface area contributed by atoms with Crippen molar-refractivity contribution in [2.45, 2.75) is 44.6 Å². The Morgan fingerprint density at radius 2 is 1.83 bits per heavy atom. The number of nitrogens with one attached hydrogen (secondary N) is 2. The standard InChI is InChI=1S/C19H26N2O3/c1-24-17-9-5-2-6-13(17)10-11-20-18(22)15-12-16(15)19(23)21-14-7-3-4-8-14/h2,5-6,9,14-16H,3-4,7-8,10-12H2,1H3,(H,20,22)(H,21,23). The fraction of sp³-hybridized carbons (Fsp3) is 0.579. The molecule has 3 rings (SSSR count). The smallest absolute Gasteiger partial charge is 0.224 e. The Balaban J connectivity index is 1.39. The first-order chi connectivity index (χ1) is 11.7. The summed E-state index contributed by atoms with van der Waals surface area (Å²) in [5.74, 6) is 0.621. The molecule has 130 valence electrons. The lowest BCUT2D eigenvalue weighted by Gasteiger charge is -2.12. The van der Waals surface area contributed by atoms with Gasteiger partial charge in [0.25, 0.3) is 0 Å². The van der Waals surface area contributed by atoms with E-state index in [-0.39, 0.29) is 23.7 Å². The summed E-state index contributed by atoms with van der Waals surface area (Å²) in [6.07, 6.45) is 5.95. The van der Waals surface area contributed by atoms with Crippen LogP contribution in [0.25, 0.3) is 0 Å². The zero-order chi connectivity index (χ0) is 16.9. The van der Waals surface area contributed by atoms with Crippen LogP contribution in [-0.2, 0) is 16.0 Å². The van der Waals surface area contributed by atoms with E-state index >= 15 is 0 Å². The van der Waals surface area contributed by atoms with Gasteiger partial charge in [-0.2, -0.15) is 0 Å². The summed E-state index contributed by atoms with van der Waals surface area (Å²) in [6, 6.07) is 8.14. The third-order valence-corrected chi connectivity index (χ3v) is 5.05. The van der Waals surface area contributed by atoms with E-state index in [1.54, 1.807) is 7.11 Å². The third kappa shape index (κ3) is 4.08. The van der Waals surface area contributed by atoms with Gasteiger partial charge >= 0.3 is 0 Å². The maximum atomic E-state index is 12.2. The molecule has 0 heterocycles. The highest BCUT2D eigenvalue weighted by atomic mass is 16.5. The van der Waals surface area contributed by atoms with Gasteiger partial charge < -0.3 is 15.4 Å². The molecule has 2 fully saturated rings. The van der Waals surface area contributed by atoms with E-state index in [9.17, 15) is 9.59 Å². The number of ether oxygens (including phenoxy) is 1. The number of hydrogen-bond acceptors (Lipinski definition) is 3. The number of hydrogen-bond donors (Lipinski definition) is 2. The van der Waals surface area contributed by atoms with E-state index in [1.807, 2.05) is 24.3 Å². The van der Waals surface area contributed by atoms with E-state index in [0.717, 1.165) is 30.6 Å². The SMILES string of the molecule is COc1ccccc1CCNC(=O)C1CC1C(=O)NC1CCCC1. The first kappa shape index (κ1) is 16.8. The Kier molecular flexibility index (Phi) is 5.38. The minimum atomic E-state index is -0.149. The molecule has 5 nitrogen and oxygen atoms in total. The van der Waals surface area contributed by atoms with Gasteiger partial charge in [-0.15, -0.1) is 0 Å². The van der Waals surface area contributed by atoms with Gasteiger partial charge in [-0.05, 0) is 37.3 Å². The lowest BCUT2D eigenvalue weighted by Crippen LogP contribution is -2.35. The third-order valence-electron chi connectivity index (χ3n) is 5.05. The van der Waals surface area contributed by atoms with Crippen LogP contribution in [-0.4, -0.2) is 31.5 Å². The lowest BCUT2D eigenvalue weighted by atomic mass is 10.1. The van der Waals surface area contributed by atoms with E-state index in [0.29, 0.717) is 19.0 Å². The van der Waals surface area contributed by atoms with Crippen LogP contribution in [0.2, 0.25) is 0 Å². The van der Waals surface area contributed by atoms with Crippen LogP contribution in [0, 0.1) is 11.8 Å². The Hall–Kier alpha value is -2.04. The molecule has 1 aromatic rings. The Morgan fingerprint density at radius 1 is 1.12 bits per heavy atom. The number of amides is 2. The highest BCUT2D eigenvalue weighted by molar-refractivity contribution is 5.92. The van der Waals surface area contributed by atoms with Crippen molar-refractivity contribution in [1.29, 1.82) is 0 Å². The van der Waals surface area contributed by atoms with Crippen molar-refractivity contribution in [3.63, 3.8) is 0 Å². The molecule has 2 N–H and O–H groups in total. The van der Waals surface area contributed by atoms with Gasteiger partial charge in [-0.1, -0.05) is 31.0 Å². The second-order valence-corrected chi connectivity index (χ2v) is 6.79. The number of carbonyl (C=O) groups is 2. The van der Waals surface area contributed by atoms with Gasteiger partial charge in [-0.25, -0.2) is 0 Å². The maximum absolute atomic E-state index is 12.2. The number of para-hydroxylation sites is 1. The molecule has 2 aliphatic rings. The van der Waals surface area contributed by atoms with Crippen LogP contribution in [0.5, 0.6) is 5.75 Å². The first-order valence-corrected chi connectivity index (χ1v) is 8.89. The average Bonchev–Trinajstić information content (AvgIpc) is 3.25. The Morgan fingerprint density at radius 3 is 2.58 bits per heavy atom. The molecule has 0 aliphatic heterocycles. The van der Waals surface area contributed by atoms with Crippen LogP contribution < -0.4 is 15.4 Å². The van der Waals surface area contributed by atoms with Gasteiger partial charge in [0, 0.05) is 12.6 Å². The summed E-state index contributed by atoms with van der Waals surface area (Å²) in [5, 5.41) is 6.04. The summed E-state index contributed by atoms with van der Waals surface area (Å²) >= 11 is 0. The minimum Gasteiger partial charge on any atom is -0.496 e. The monoisotopic (exact) mass is 330 g/mol. The van der Waals surface area contributed by atoms with Gasteiger partial charge in [0.2, 0.25) is 11.8 Å². The average molecular weight is 330 g/mol. The topological polar surface area (TPSA) is 67.4 Å². The summed E-state index contributed by atoms with van der Waals surface area (Å²) in [4.78, 5) is 24.3. The number of benzene rings is 1. The Labute approximate surface area is 143 Å². The molecule has 0 radical (unpaired) electrons. The predicted molar refractivity (Wildman–Crippen MR) is 91.7 cm³/mol. The highest BCUT2D eigenvalue weighted by Gasteiger charge is 2.48. The van der Waals surface area contributed by atoms with Gasteiger partial charge in [-0.3, -0.25) is 9.59 Å². The van der Waals surface area contributed by atoms with Crippen molar-refractivity contribution in [1.82, 2.24) is 10.6 Å². The summed E-state index contributed by atoms with van der Waals surface area (Å²) in [5.41, 5.74) is 1.08. The fourth-order valence-corrected chi connectivity index (χ4v) is 3.51. The van der Waals surface area contributed by atoms with Crippen molar-refractivity contribution in [3.05, 3.63) is 29.8 Å². The molecule has 2 aliphatic carbocycles. The number of rotatable bonds is 7. The molecule has 5 heteroatoms. The zero-order valence-electron chi connectivity index (χ0n) is 14.2. The van der Waals surface area contributed by atoms with Crippen LogP contribution in [0.1, 0.15) is 37.7 Å². The predicted octanol–water partition coefficient (Wildman–Crippen LogP) is 2.05. The van der Waals surface area contributed by atoms with E-state index < -0.39 is 0 Å². The lowest BCUT2D eigenvalue weighted by molar-refractivity contribution is -0.127. The quantitative estimate of drug-likeness (QED) is 0.804. The summed E-state index contributed by atoms with van der Waals surface area (Å²) < 4.78 is 5.31. The molecule has 1 aromatic carbocycles. The molecule has 2 unspecified atom stereocenters. The minimum absolute atomic E-state index is 0.00327. The van der Waals surface area contributed by atoms with Crippen molar-refractivity contribution in [3.8, 4) is 5.75 Å².